The summed E-state index contributed by atoms with van der Waals surface area (Å²) in [5.41, 5.74) is 5.56. The van der Waals surface area contributed by atoms with Gasteiger partial charge in [-0.15, -0.1) is 0 Å². The highest BCUT2D eigenvalue weighted by Crippen LogP contribution is 2.27. The van der Waals surface area contributed by atoms with E-state index in [0.29, 0.717) is 18.9 Å². The van der Waals surface area contributed by atoms with E-state index < -0.39 is 12.0 Å². The van der Waals surface area contributed by atoms with Gasteiger partial charge in [-0.1, -0.05) is 0 Å². The number of fused-ring (bicyclic) bond motifs is 1. The second-order valence-electron chi connectivity index (χ2n) is 3.19. The minimum atomic E-state index is -0.794. The molecule has 1 saturated heterocycles. The quantitative estimate of drug-likeness (QED) is 0.540. The minimum Gasteiger partial charge on any atom is -0.480 e. The van der Waals surface area contributed by atoms with Crippen LogP contribution in [0.4, 0.5) is 0 Å². The molecule has 2 rings (SSSR count). The number of aliphatic carboxylic acids is 1. The summed E-state index contributed by atoms with van der Waals surface area (Å²) in [7, 11) is 0. The van der Waals surface area contributed by atoms with E-state index in [9.17, 15) is 4.79 Å². The molecule has 0 aliphatic carbocycles. The molecule has 0 aromatic rings. The highest BCUT2D eigenvalue weighted by molar-refractivity contribution is 5.87. The number of nitrogens with zero attached hydrogens (tertiary/aromatic N) is 2. The van der Waals surface area contributed by atoms with Gasteiger partial charge in [0.25, 0.3) is 0 Å². The Bertz CT molecular complexity index is 251. The van der Waals surface area contributed by atoms with Crippen LogP contribution >= 0.6 is 0 Å². The van der Waals surface area contributed by atoms with Crippen molar-refractivity contribution in [3.8, 4) is 0 Å². The van der Waals surface area contributed by atoms with E-state index >= 15 is 0 Å². The molecule has 5 nitrogen and oxygen atoms in total. The second kappa shape index (κ2) is 2.36. The molecule has 66 valence electrons. The third-order valence-electron chi connectivity index (χ3n) is 2.52. The Kier molecular flexibility index (Phi) is 1.46. The molecule has 2 aliphatic rings. The first kappa shape index (κ1) is 7.39. The van der Waals surface area contributed by atoms with Crippen LogP contribution in [0.25, 0.3) is 0 Å². The molecule has 2 heterocycles. The Morgan fingerprint density at radius 1 is 1.67 bits per heavy atom. The summed E-state index contributed by atoms with van der Waals surface area (Å²) in [5.74, 6) is -0.401. The molecule has 2 atom stereocenters. The summed E-state index contributed by atoms with van der Waals surface area (Å²) in [6.07, 6.45) is 1.58. The molecular weight excluding hydrogens is 158 g/mol. The Morgan fingerprint density at radius 3 is 3.08 bits per heavy atom. The standard InChI is InChI=1S/C7H11N3O2/c8-7-9-3-4-1-2-5(6(11)12)10(4)7/h4-5H,1-3H2,(H2,8,9)(H,11,12)/t4-,5-/m1/s1. The lowest BCUT2D eigenvalue weighted by molar-refractivity contribution is -0.141. The fraction of sp³-hybridized carbons (Fsp3) is 0.714. The molecule has 0 aromatic heterocycles. The molecule has 0 bridgehead atoms. The van der Waals surface area contributed by atoms with Gasteiger partial charge >= 0.3 is 5.97 Å². The number of carboxylic acids is 1. The number of rotatable bonds is 1. The summed E-state index contributed by atoms with van der Waals surface area (Å²) in [6, 6.07) is -0.202. The number of aliphatic imine (C=N–C) groups is 1. The third-order valence-corrected chi connectivity index (χ3v) is 2.52. The lowest BCUT2D eigenvalue weighted by atomic mass is 10.2. The maximum atomic E-state index is 10.7. The van der Waals surface area contributed by atoms with Gasteiger partial charge in [-0.25, -0.2) is 4.79 Å². The first-order valence-electron chi connectivity index (χ1n) is 4.01. The predicted molar refractivity (Wildman–Crippen MR) is 42.8 cm³/mol. The second-order valence-corrected chi connectivity index (χ2v) is 3.19. The molecule has 5 heteroatoms. The van der Waals surface area contributed by atoms with Crippen LogP contribution in [0.2, 0.25) is 0 Å². The molecule has 12 heavy (non-hydrogen) atoms. The van der Waals surface area contributed by atoms with Crippen molar-refractivity contribution >= 4 is 11.9 Å². The van der Waals surface area contributed by atoms with Gasteiger partial charge < -0.3 is 15.7 Å². The van der Waals surface area contributed by atoms with Gasteiger partial charge in [-0.3, -0.25) is 4.99 Å². The zero-order valence-electron chi connectivity index (χ0n) is 6.60. The van der Waals surface area contributed by atoms with Crippen molar-refractivity contribution in [2.75, 3.05) is 6.54 Å². The first-order valence-corrected chi connectivity index (χ1v) is 4.01. The number of hydrogen-bond acceptors (Lipinski definition) is 4. The fourth-order valence-electron chi connectivity index (χ4n) is 1.93. The molecule has 1 fully saturated rings. The van der Waals surface area contributed by atoms with Crippen LogP contribution in [0.3, 0.4) is 0 Å². The van der Waals surface area contributed by atoms with E-state index in [1.807, 2.05) is 0 Å². The molecule has 0 aromatic carbocycles. The van der Waals surface area contributed by atoms with Crippen molar-refractivity contribution in [1.82, 2.24) is 4.90 Å². The van der Waals surface area contributed by atoms with Gasteiger partial charge in [0, 0.05) is 0 Å². The van der Waals surface area contributed by atoms with E-state index in [4.69, 9.17) is 10.8 Å². The molecule has 2 aliphatic heterocycles. The Balaban J connectivity index is 2.20. The Labute approximate surface area is 69.9 Å². The van der Waals surface area contributed by atoms with Crippen LogP contribution < -0.4 is 5.73 Å². The monoisotopic (exact) mass is 169 g/mol. The topological polar surface area (TPSA) is 78.9 Å². The van der Waals surface area contributed by atoms with Gasteiger partial charge in [0.05, 0.1) is 12.6 Å². The highest BCUT2D eigenvalue weighted by Gasteiger charge is 2.41. The average molecular weight is 169 g/mol. The maximum absolute atomic E-state index is 10.7. The number of carboxylic acid groups (broad SMARTS) is 1. The van der Waals surface area contributed by atoms with E-state index in [1.54, 1.807) is 4.90 Å². The minimum absolute atomic E-state index is 0.242. The van der Waals surface area contributed by atoms with Crippen molar-refractivity contribution in [3.05, 3.63) is 0 Å². The molecule has 0 radical (unpaired) electrons. The molecule has 0 spiro atoms. The Morgan fingerprint density at radius 2 is 2.42 bits per heavy atom. The van der Waals surface area contributed by atoms with Crippen molar-refractivity contribution < 1.29 is 9.90 Å². The van der Waals surface area contributed by atoms with Crippen molar-refractivity contribution in [2.24, 2.45) is 10.7 Å². The van der Waals surface area contributed by atoms with Gasteiger partial charge in [0.2, 0.25) is 0 Å². The molecule has 0 saturated carbocycles. The summed E-state index contributed by atoms with van der Waals surface area (Å²) in [5, 5.41) is 8.83. The lowest BCUT2D eigenvalue weighted by Crippen LogP contribution is -2.45. The summed E-state index contributed by atoms with van der Waals surface area (Å²) < 4.78 is 0. The largest absolute Gasteiger partial charge is 0.480 e. The van der Waals surface area contributed by atoms with E-state index in [0.717, 1.165) is 6.42 Å². The van der Waals surface area contributed by atoms with Crippen LogP contribution in [0.15, 0.2) is 4.99 Å². The summed E-state index contributed by atoms with van der Waals surface area (Å²) in [6.45, 7) is 0.662. The zero-order chi connectivity index (χ0) is 8.72. The van der Waals surface area contributed by atoms with Crippen LogP contribution in [0, 0.1) is 0 Å². The smallest absolute Gasteiger partial charge is 0.326 e. The SMILES string of the molecule is NC1=NC[C@H]2CC[C@H](C(=O)O)N12. The number of guanidine groups is 1. The van der Waals surface area contributed by atoms with Gasteiger partial charge in [0.1, 0.15) is 6.04 Å². The molecular formula is C7H11N3O2. The van der Waals surface area contributed by atoms with Crippen molar-refractivity contribution in [1.29, 1.82) is 0 Å². The van der Waals surface area contributed by atoms with Crippen LogP contribution in [0.1, 0.15) is 12.8 Å². The first-order chi connectivity index (χ1) is 5.70. The predicted octanol–water partition coefficient (Wildman–Crippen LogP) is -0.768. The van der Waals surface area contributed by atoms with E-state index in [1.165, 1.54) is 0 Å². The third kappa shape index (κ3) is 0.855. The van der Waals surface area contributed by atoms with Gasteiger partial charge in [-0.05, 0) is 12.8 Å². The van der Waals surface area contributed by atoms with Crippen molar-refractivity contribution in [3.63, 3.8) is 0 Å². The molecule has 3 N–H and O–H groups in total. The van der Waals surface area contributed by atoms with Crippen LogP contribution in [0.5, 0.6) is 0 Å². The van der Waals surface area contributed by atoms with Crippen molar-refractivity contribution in [2.45, 2.75) is 24.9 Å². The Hall–Kier alpha value is -1.26. The fourth-order valence-corrected chi connectivity index (χ4v) is 1.93. The van der Waals surface area contributed by atoms with Gasteiger partial charge in [0.15, 0.2) is 5.96 Å². The summed E-state index contributed by atoms with van der Waals surface area (Å²) >= 11 is 0. The van der Waals surface area contributed by atoms with E-state index in [-0.39, 0.29) is 6.04 Å². The highest BCUT2D eigenvalue weighted by atomic mass is 16.4. The lowest BCUT2D eigenvalue weighted by Gasteiger charge is -2.22. The zero-order valence-corrected chi connectivity index (χ0v) is 6.60. The summed E-state index contributed by atoms with van der Waals surface area (Å²) in [4.78, 5) is 16.5. The normalized spacial score (nSPS) is 33.3. The maximum Gasteiger partial charge on any atom is 0.326 e. The van der Waals surface area contributed by atoms with E-state index in [2.05, 4.69) is 4.99 Å². The average Bonchev–Trinajstić information content (AvgIpc) is 2.53. The number of hydrogen-bond donors (Lipinski definition) is 2. The van der Waals surface area contributed by atoms with Gasteiger partial charge in [-0.2, -0.15) is 0 Å². The molecule has 0 unspecified atom stereocenters. The number of nitrogens with two attached hydrogens (primary N) is 1. The number of carbonyl (C=O) groups is 1. The molecule has 0 amide bonds. The van der Waals surface area contributed by atoms with Crippen LogP contribution in [-0.4, -0.2) is 40.6 Å². The van der Waals surface area contributed by atoms with Crippen LogP contribution in [-0.2, 0) is 4.79 Å².